The van der Waals surface area contributed by atoms with E-state index in [2.05, 4.69) is 0 Å². The molecule has 0 radical (unpaired) electrons. The molecule has 0 fully saturated rings. The van der Waals surface area contributed by atoms with Crippen molar-refractivity contribution in [3.8, 4) is 5.75 Å². The van der Waals surface area contributed by atoms with Gasteiger partial charge in [-0.2, -0.15) is 0 Å². The number of halogens is 1. The van der Waals surface area contributed by atoms with Gasteiger partial charge in [0.15, 0.2) is 0 Å². The van der Waals surface area contributed by atoms with Gasteiger partial charge in [-0.05, 0) is 49.2 Å². The molecule has 2 amide bonds. The van der Waals surface area contributed by atoms with Crippen molar-refractivity contribution in [3.63, 3.8) is 0 Å². The van der Waals surface area contributed by atoms with Crippen LogP contribution in [-0.4, -0.2) is 48.6 Å². The lowest BCUT2D eigenvalue weighted by molar-refractivity contribution is -0.120. The number of nitrogens with zero attached hydrogens (tertiary/aromatic N) is 2. The Bertz CT molecular complexity index is 969. The van der Waals surface area contributed by atoms with E-state index in [4.69, 9.17) is 16.3 Å². The quantitative estimate of drug-likeness (QED) is 0.704. The molecule has 3 rings (SSSR count). The minimum absolute atomic E-state index is 0.144. The second-order valence-corrected chi connectivity index (χ2v) is 7.11. The van der Waals surface area contributed by atoms with Gasteiger partial charge in [0.2, 0.25) is 0 Å². The first kappa shape index (κ1) is 20.9. The number of aliphatic hydroxyl groups is 1. The summed E-state index contributed by atoms with van der Waals surface area (Å²) in [5.74, 6) is -0.199. The zero-order chi connectivity index (χ0) is 21.1. The zero-order valence-electron chi connectivity index (χ0n) is 16.6. The summed E-state index contributed by atoms with van der Waals surface area (Å²) in [4.78, 5) is 29.3. The number of carbonyl (C=O) groups excluding carboxylic acids is 2. The van der Waals surface area contributed by atoms with Gasteiger partial charge in [0.05, 0.1) is 24.5 Å². The zero-order valence-corrected chi connectivity index (χ0v) is 17.4. The molecule has 1 aliphatic heterocycles. The van der Waals surface area contributed by atoms with E-state index in [0.29, 0.717) is 28.6 Å². The van der Waals surface area contributed by atoms with Crippen molar-refractivity contribution < 1.29 is 19.4 Å². The van der Waals surface area contributed by atoms with Gasteiger partial charge in [0, 0.05) is 18.6 Å². The van der Waals surface area contributed by atoms with Crippen LogP contribution in [0.15, 0.2) is 48.2 Å². The Morgan fingerprint density at radius 3 is 2.38 bits per heavy atom. The summed E-state index contributed by atoms with van der Waals surface area (Å²) in [6, 6.07) is 12.1. The minimum atomic E-state index is -0.449. The molecule has 2 aromatic rings. The van der Waals surface area contributed by atoms with Crippen LogP contribution in [0.1, 0.15) is 18.1 Å². The lowest BCUT2D eigenvalue weighted by Gasteiger charge is -2.20. The number of rotatable bonds is 7. The number of imide groups is 1. The van der Waals surface area contributed by atoms with Crippen LogP contribution in [0.2, 0.25) is 5.02 Å². The molecule has 6 nitrogen and oxygen atoms in total. The molecule has 0 unspecified atom stereocenters. The van der Waals surface area contributed by atoms with Gasteiger partial charge in [-0.25, -0.2) is 4.90 Å². The van der Waals surface area contributed by atoms with Gasteiger partial charge >= 0.3 is 0 Å². The lowest BCUT2D eigenvalue weighted by atomic mass is 10.0. The topological polar surface area (TPSA) is 70.1 Å². The first-order chi connectivity index (χ1) is 13.9. The van der Waals surface area contributed by atoms with E-state index < -0.39 is 11.8 Å². The molecule has 0 spiro atoms. The molecular weight excluding hydrogens is 392 g/mol. The van der Waals surface area contributed by atoms with Crippen LogP contribution in [0.5, 0.6) is 5.75 Å². The van der Waals surface area contributed by atoms with Crippen LogP contribution in [0, 0.1) is 6.92 Å². The molecule has 0 aliphatic carbocycles. The van der Waals surface area contributed by atoms with E-state index in [1.807, 2.05) is 13.8 Å². The van der Waals surface area contributed by atoms with Gasteiger partial charge in [0.1, 0.15) is 11.4 Å². The van der Waals surface area contributed by atoms with E-state index in [1.54, 1.807) is 54.4 Å². The van der Waals surface area contributed by atoms with Crippen molar-refractivity contribution in [2.45, 2.75) is 13.8 Å². The molecule has 152 valence electrons. The maximum absolute atomic E-state index is 13.3. The van der Waals surface area contributed by atoms with E-state index in [0.717, 1.165) is 10.5 Å². The Morgan fingerprint density at radius 1 is 1.10 bits per heavy atom. The van der Waals surface area contributed by atoms with Gasteiger partial charge in [-0.3, -0.25) is 9.59 Å². The maximum atomic E-state index is 13.3. The summed E-state index contributed by atoms with van der Waals surface area (Å²) in [5, 5.41) is 9.82. The third-order valence-corrected chi connectivity index (χ3v) is 5.15. The van der Waals surface area contributed by atoms with Crippen molar-refractivity contribution >= 4 is 34.7 Å². The van der Waals surface area contributed by atoms with E-state index in [9.17, 15) is 14.7 Å². The summed E-state index contributed by atoms with van der Waals surface area (Å²) in [7, 11) is 1.68. The normalized spacial score (nSPS) is 14.0. The second-order valence-electron chi connectivity index (χ2n) is 6.71. The van der Waals surface area contributed by atoms with Crippen molar-refractivity contribution in [2.24, 2.45) is 0 Å². The highest BCUT2D eigenvalue weighted by atomic mass is 35.5. The molecule has 1 aliphatic rings. The molecule has 2 aromatic carbocycles. The Hall–Kier alpha value is -2.83. The van der Waals surface area contributed by atoms with E-state index in [1.165, 1.54) is 0 Å². The molecule has 29 heavy (non-hydrogen) atoms. The third-order valence-electron chi connectivity index (χ3n) is 4.74. The molecule has 0 bridgehead atoms. The standard InChI is InChI=1S/C22H23ClN2O4/c1-4-29-17-9-6-15(7-10-17)19-20(24(3)11-12-26)22(28)25(21(19)27)16-8-5-14(2)18(23)13-16/h5-10,13,26H,4,11-12H2,1-3H3. The van der Waals surface area contributed by atoms with Crippen molar-refractivity contribution in [3.05, 3.63) is 64.3 Å². The fourth-order valence-corrected chi connectivity index (χ4v) is 3.41. The van der Waals surface area contributed by atoms with Crippen LogP contribution in [0.4, 0.5) is 5.69 Å². The van der Waals surface area contributed by atoms with Crippen molar-refractivity contribution in [2.75, 3.05) is 31.7 Å². The third kappa shape index (κ3) is 3.99. The number of hydrogen-bond acceptors (Lipinski definition) is 5. The Morgan fingerprint density at radius 2 is 1.79 bits per heavy atom. The smallest absolute Gasteiger partial charge is 0.282 e. The number of anilines is 1. The van der Waals surface area contributed by atoms with Crippen LogP contribution in [0.3, 0.4) is 0 Å². The number of likely N-dealkylation sites (N-methyl/N-ethyl adjacent to an activating group) is 1. The minimum Gasteiger partial charge on any atom is -0.494 e. The average Bonchev–Trinajstić information content (AvgIpc) is 2.95. The Balaban J connectivity index is 2.08. The fourth-order valence-electron chi connectivity index (χ4n) is 3.23. The van der Waals surface area contributed by atoms with Crippen LogP contribution in [-0.2, 0) is 9.59 Å². The molecule has 0 atom stereocenters. The molecule has 1 heterocycles. The summed E-state index contributed by atoms with van der Waals surface area (Å²) in [5.41, 5.74) is 2.39. The van der Waals surface area contributed by atoms with E-state index >= 15 is 0 Å². The lowest BCUT2D eigenvalue weighted by Crippen LogP contribution is -2.34. The molecule has 0 aromatic heterocycles. The number of ether oxygens (including phenoxy) is 1. The highest BCUT2D eigenvalue weighted by Crippen LogP contribution is 2.36. The largest absolute Gasteiger partial charge is 0.494 e. The second kappa shape index (κ2) is 8.68. The summed E-state index contributed by atoms with van der Waals surface area (Å²) in [6.07, 6.45) is 0. The summed E-state index contributed by atoms with van der Waals surface area (Å²) in [6.45, 7) is 4.35. The summed E-state index contributed by atoms with van der Waals surface area (Å²) >= 11 is 6.22. The monoisotopic (exact) mass is 414 g/mol. The van der Waals surface area contributed by atoms with Gasteiger partial charge < -0.3 is 14.7 Å². The van der Waals surface area contributed by atoms with Gasteiger partial charge in [0.25, 0.3) is 11.8 Å². The highest BCUT2D eigenvalue weighted by molar-refractivity contribution is 6.45. The first-order valence-electron chi connectivity index (χ1n) is 9.33. The average molecular weight is 415 g/mol. The number of hydrogen-bond donors (Lipinski definition) is 1. The van der Waals surface area contributed by atoms with Crippen molar-refractivity contribution in [1.29, 1.82) is 0 Å². The van der Waals surface area contributed by atoms with E-state index in [-0.39, 0.29) is 24.4 Å². The summed E-state index contributed by atoms with van der Waals surface area (Å²) < 4.78 is 5.46. The molecule has 0 saturated heterocycles. The van der Waals surface area contributed by atoms with Gasteiger partial charge in [-0.15, -0.1) is 0 Å². The maximum Gasteiger partial charge on any atom is 0.282 e. The number of benzene rings is 2. The number of aryl methyl sites for hydroxylation is 1. The van der Waals surface area contributed by atoms with Crippen molar-refractivity contribution in [1.82, 2.24) is 4.90 Å². The molecule has 7 heteroatoms. The van der Waals surface area contributed by atoms with Crippen LogP contribution >= 0.6 is 11.6 Å². The number of aliphatic hydroxyl groups excluding tert-OH is 1. The highest BCUT2D eigenvalue weighted by Gasteiger charge is 2.41. The number of amides is 2. The molecule has 1 N–H and O–H groups in total. The SMILES string of the molecule is CCOc1ccc(C2=C(N(C)CCO)C(=O)N(c3ccc(C)c(Cl)c3)C2=O)cc1. The number of carbonyl (C=O) groups is 2. The van der Waals surface area contributed by atoms with Gasteiger partial charge in [-0.1, -0.05) is 29.8 Å². The fraction of sp³-hybridized carbons (Fsp3) is 0.273. The predicted octanol–water partition coefficient (Wildman–Crippen LogP) is 3.26. The van der Waals surface area contributed by atoms with Crippen LogP contribution in [0.25, 0.3) is 5.57 Å². The Kier molecular flexibility index (Phi) is 6.25. The van der Waals surface area contributed by atoms with Crippen LogP contribution < -0.4 is 9.64 Å². The predicted molar refractivity (Wildman–Crippen MR) is 113 cm³/mol. The molecule has 0 saturated carbocycles. The molecular formula is C22H23ClN2O4. The Labute approximate surface area is 174 Å². The first-order valence-corrected chi connectivity index (χ1v) is 9.71.